The molecule has 0 saturated carbocycles. The van der Waals surface area contributed by atoms with Gasteiger partial charge in [-0.15, -0.1) is 11.8 Å². The quantitative estimate of drug-likeness (QED) is 0.781. The molecule has 0 aliphatic rings. The SMILES string of the molecule is CSc1c(C#N)c(-c2ccc(Cl)cc2)nn1C. The second-order valence-corrected chi connectivity index (χ2v) is 4.71. The fourth-order valence-electron chi connectivity index (χ4n) is 1.65. The summed E-state index contributed by atoms with van der Waals surface area (Å²) < 4.78 is 1.73. The second-order valence-electron chi connectivity index (χ2n) is 3.48. The van der Waals surface area contributed by atoms with E-state index in [1.165, 1.54) is 11.8 Å². The molecule has 0 radical (unpaired) electrons. The largest absolute Gasteiger partial charge is 0.260 e. The van der Waals surface area contributed by atoms with Crippen LogP contribution in [0.4, 0.5) is 0 Å². The first-order valence-corrected chi connectivity index (χ1v) is 6.54. The van der Waals surface area contributed by atoms with Crippen LogP contribution in [0.1, 0.15) is 5.56 Å². The number of aryl methyl sites for hydroxylation is 1. The predicted octanol–water partition coefficient (Wildman–Crippen LogP) is 3.33. The van der Waals surface area contributed by atoms with Crippen LogP contribution in [0.25, 0.3) is 11.3 Å². The fraction of sp³-hybridized carbons (Fsp3) is 0.167. The average Bonchev–Trinajstić information content (AvgIpc) is 2.66. The number of benzene rings is 1. The van der Waals surface area contributed by atoms with Crippen LogP contribution in [0.15, 0.2) is 29.3 Å². The van der Waals surface area contributed by atoms with Gasteiger partial charge in [0, 0.05) is 17.6 Å². The summed E-state index contributed by atoms with van der Waals surface area (Å²) in [6, 6.07) is 9.55. The van der Waals surface area contributed by atoms with Crippen LogP contribution >= 0.6 is 23.4 Å². The van der Waals surface area contributed by atoms with Crippen molar-refractivity contribution in [2.24, 2.45) is 7.05 Å². The number of halogens is 1. The van der Waals surface area contributed by atoms with Crippen molar-refractivity contribution in [3.63, 3.8) is 0 Å². The first kappa shape index (κ1) is 12.0. The van der Waals surface area contributed by atoms with Crippen molar-refractivity contribution in [3.8, 4) is 17.3 Å². The van der Waals surface area contributed by atoms with E-state index in [9.17, 15) is 5.26 Å². The first-order chi connectivity index (χ1) is 8.17. The molecule has 0 spiro atoms. The van der Waals surface area contributed by atoms with E-state index in [0.29, 0.717) is 16.3 Å². The molecule has 1 aromatic heterocycles. The molecule has 86 valence electrons. The lowest BCUT2D eigenvalue weighted by Gasteiger charge is -1.97. The number of rotatable bonds is 2. The molecule has 0 aliphatic heterocycles. The molecule has 0 atom stereocenters. The Balaban J connectivity index is 2.60. The van der Waals surface area contributed by atoms with Gasteiger partial charge in [-0.3, -0.25) is 4.68 Å². The minimum atomic E-state index is 0.613. The monoisotopic (exact) mass is 263 g/mol. The van der Waals surface area contributed by atoms with Gasteiger partial charge in [0.05, 0.1) is 0 Å². The van der Waals surface area contributed by atoms with Crippen LogP contribution in [-0.4, -0.2) is 16.0 Å². The Morgan fingerprint density at radius 1 is 1.35 bits per heavy atom. The van der Waals surface area contributed by atoms with Crippen molar-refractivity contribution in [2.75, 3.05) is 6.26 Å². The molecule has 2 aromatic rings. The molecular weight excluding hydrogens is 254 g/mol. The Morgan fingerprint density at radius 2 is 2.00 bits per heavy atom. The highest BCUT2D eigenvalue weighted by molar-refractivity contribution is 7.98. The highest BCUT2D eigenvalue weighted by Crippen LogP contribution is 2.29. The van der Waals surface area contributed by atoms with E-state index < -0.39 is 0 Å². The number of hydrogen-bond acceptors (Lipinski definition) is 3. The molecular formula is C12H10ClN3S. The standard InChI is InChI=1S/C12H10ClN3S/c1-16-12(17-2)10(7-14)11(15-16)8-3-5-9(13)6-4-8/h3-6H,1-2H3. The Bertz CT molecular complexity index is 581. The lowest BCUT2D eigenvalue weighted by atomic mass is 10.1. The normalized spacial score (nSPS) is 10.2. The maximum atomic E-state index is 9.22. The molecule has 5 heteroatoms. The first-order valence-electron chi connectivity index (χ1n) is 4.94. The van der Waals surface area contributed by atoms with E-state index in [4.69, 9.17) is 11.6 Å². The molecule has 0 unspecified atom stereocenters. The third-order valence-electron chi connectivity index (χ3n) is 2.42. The molecule has 2 rings (SSSR count). The summed E-state index contributed by atoms with van der Waals surface area (Å²) in [5.41, 5.74) is 2.22. The molecule has 0 amide bonds. The third kappa shape index (κ3) is 2.17. The Hall–Kier alpha value is -1.44. The Kier molecular flexibility index (Phi) is 3.41. The van der Waals surface area contributed by atoms with Gasteiger partial charge in [0.1, 0.15) is 22.4 Å². The summed E-state index contributed by atoms with van der Waals surface area (Å²) in [5.74, 6) is 0. The zero-order chi connectivity index (χ0) is 12.4. The lowest BCUT2D eigenvalue weighted by Crippen LogP contribution is -1.91. The molecule has 0 bridgehead atoms. The Labute approximate surface area is 109 Å². The van der Waals surface area contributed by atoms with Crippen molar-refractivity contribution in [2.45, 2.75) is 5.03 Å². The molecule has 0 saturated heterocycles. The van der Waals surface area contributed by atoms with Crippen molar-refractivity contribution < 1.29 is 0 Å². The average molecular weight is 264 g/mol. The number of hydrogen-bond donors (Lipinski definition) is 0. The highest BCUT2D eigenvalue weighted by atomic mass is 35.5. The van der Waals surface area contributed by atoms with E-state index >= 15 is 0 Å². The van der Waals surface area contributed by atoms with Crippen molar-refractivity contribution in [1.82, 2.24) is 9.78 Å². The highest BCUT2D eigenvalue weighted by Gasteiger charge is 2.16. The van der Waals surface area contributed by atoms with Gasteiger partial charge < -0.3 is 0 Å². The number of nitrogens with zero attached hydrogens (tertiary/aromatic N) is 3. The zero-order valence-electron chi connectivity index (χ0n) is 9.44. The van der Waals surface area contributed by atoms with Gasteiger partial charge >= 0.3 is 0 Å². The summed E-state index contributed by atoms with van der Waals surface area (Å²) in [7, 11) is 1.84. The summed E-state index contributed by atoms with van der Waals surface area (Å²) in [6.07, 6.45) is 1.93. The Morgan fingerprint density at radius 3 is 2.53 bits per heavy atom. The maximum absolute atomic E-state index is 9.22. The van der Waals surface area contributed by atoms with E-state index in [1.807, 2.05) is 25.4 Å². The third-order valence-corrected chi connectivity index (χ3v) is 3.52. The summed E-state index contributed by atoms with van der Waals surface area (Å²) in [6.45, 7) is 0. The van der Waals surface area contributed by atoms with Crippen molar-refractivity contribution in [3.05, 3.63) is 34.9 Å². The molecule has 3 nitrogen and oxygen atoms in total. The van der Waals surface area contributed by atoms with Crippen LogP contribution in [0.2, 0.25) is 5.02 Å². The number of thioether (sulfide) groups is 1. The molecule has 0 aliphatic carbocycles. The summed E-state index contributed by atoms with van der Waals surface area (Å²) >= 11 is 7.36. The van der Waals surface area contributed by atoms with Gasteiger partial charge in [-0.1, -0.05) is 23.7 Å². The second kappa shape index (κ2) is 4.82. The smallest absolute Gasteiger partial charge is 0.112 e. The van der Waals surface area contributed by atoms with Crippen molar-refractivity contribution >= 4 is 23.4 Å². The van der Waals surface area contributed by atoms with Gasteiger partial charge in [-0.05, 0) is 18.4 Å². The van der Waals surface area contributed by atoms with E-state index in [1.54, 1.807) is 16.8 Å². The van der Waals surface area contributed by atoms with E-state index in [2.05, 4.69) is 11.2 Å². The number of aromatic nitrogens is 2. The molecule has 0 fully saturated rings. The van der Waals surface area contributed by atoms with Crippen LogP contribution in [0, 0.1) is 11.3 Å². The summed E-state index contributed by atoms with van der Waals surface area (Å²) in [4.78, 5) is 0. The lowest BCUT2D eigenvalue weighted by molar-refractivity contribution is 0.700. The summed E-state index contributed by atoms with van der Waals surface area (Å²) in [5, 5.41) is 15.1. The number of nitriles is 1. The minimum absolute atomic E-state index is 0.613. The molecule has 1 aromatic carbocycles. The van der Waals surface area contributed by atoms with Gasteiger partial charge in [0.2, 0.25) is 0 Å². The van der Waals surface area contributed by atoms with Gasteiger partial charge in [-0.2, -0.15) is 10.4 Å². The van der Waals surface area contributed by atoms with Crippen molar-refractivity contribution in [1.29, 1.82) is 5.26 Å². The molecule has 17 heavy (non-hydrogen) atoms. The van der Waals surface area contributed by atoms with Gasteiger partial charge in [-0.25, -0.2) is 0 Å². The van der Waals surface area contributed by atoms with Crippen LogP contribution < -0.4 is 0 Å². The van der Waals surface area contributed by atoms with Crippen LogP contribution in [-0.2, 0) is 7.05 Å². The maximum Gasteiger partial charge on any atom is 0.112 e. The van der Waals surface area contributed by atoms with Crippen LogP contribution in [0.3, 0.4) is 0 Å². The van der Waals surface area contributed by atoms with E-state index in [0.717, 1.165) is 10.6 Å². The topological polar surface area (TPSA) is 41.6 Å². The van der Waals surface area contributed by atoms with Crippen LogP contribution in [0.5, 0.6) is 0 Å². The van der Waals surface area contributed by atoms with Gasteiger partial charge in [0.25, 0.3) is 0 Å². The van der Waals surface area contributed by atoms with E-state index in [-0.39, 0.29) is 0 Å². The minimum Gasteiger partial charge on any atom is -0.260 e. The predicted molar refractivity (Wildman–Crippen MR) is 70.2 cm³/mol. The fourth-order valence-corrected chi connectivity index (χ4v) is 2.43. The van der Waals surface area contributed by atoms with Gasteiger partial charge in [0.15, 0.2) is 0 Å². The molecule has 1 heterocycles. The zero-order valence-corrected chi connectivity index (χ0v) is 11.0. The molecule has 0 N–H and O–H groups in total.